The van der Waals surface area contributed by atoms with Gasteiger partial charge in [0.1, 0.15) is 5.69 Å². The van der Waals surface area contributed by atoms with E-state index in [1.807, 2.05) is 31.3 Å². The Hall–Kier alpha value is -3.94. The molecule has 0 bridgehead atoms. The fourth-order valence-electron chi connectivity index (χ4n) is 3.47. The lowest BCUT2D eigenvalue weighted by Gasteiger charge is -2.11. The maximum absolute atomic E-state index is 12.5. The third-order valence-corrected chi connectivity index (χ3v) is 7.65. The maximum atomic E-state index is 12.5. The van der Waals surface area contributed by atoms with Crippen molar-refractivity contribution in [2.24, 2.45) is 0 Å². The van der Waals surface area contributed by atoms with Gasteiger partial charge in [-0.25, -0.2) is 13.4 Å². The van der Waals surface area contributed by atoms with Gasteiger partial charge in [0.2, 0.25) is 5.89 Å². The molecule has 4 rings (SSSR count). The minimum absolute atomic E-state index is 0. The summed E-state index contributed by atoms with van der Waals surface area (Å²) in [6.07, 6.45) is 1.53. The summed E-state index contributed by atoms with van der Waals surface area (Å²) in [6, 6.07) is 14.3. The highest BCUT2D eigenvalue weighted by Gasteiger charge is 2.22. The van der Waals surface area contributed by atoms with Crippen LogP contribution in [0.4, 0.5) is 0 Å². The second-order valence-corrected chi connectivity index (χ2v) is 10.7. The first-order valence-electron chi connectivity index (χ1n) is 10.9. The number of nitrogens with one attached hydrogen (secondary N) is 1. The predicted octanol–water partition coefficient (Wildman–Crippen LogP) is 4.19. The molecular formula is C25H26N6O3S. The van der Waals surface area contributed by atoms with E-state index in [1.54, 1.807) is 26.8 Å². The minimum atomic E-state index is -3.52. The third-order valence-electron chi connectivity index (χ3n) is 5.50. The van der Waals surface area contributed by atoms with Crippen molar-refractivity contribution in [1.82, 2.24) is 25.5 Å². The summed E-state index contributed by atoms with van der Waals surface area (Å²) in [7, 11) is -1.63. The molecule has 0 amide bonds. The summed E-state index contributed by atoms with van der Waals surface area (Å²) in [5.41, 5.74) is 3.91. The van der Waals surface area contributed by atoms with E-state index in [4.69, 9.17) is 4.42 Å². The van der Waals surface area contributed by atoms with E-state index in [-0.39, 0.29) is 17.8 Å². The molecule has 0 aliphatic heterocycles. The van der Waals surface area contributed by atoms with Crippen LogP contribution in [0.3, 0.4) is 0 Å². The van der Waals surface area contributed by atoms with Gasteiger partial charge in [-0.05, 0) is 57.6 Å². The van der Waals surface area contributed by atoms with Crippen molar-refractivity contribution in [2.45, 2.75) is 37.5 Å². The molecule has 0 saturated heterocycles. The minimum Gasteiger partial charge on any atom is -0.415 e. The van der Waals surface area contributed by atoms with Crippen LogP contribution in [0.15, 0.2) is 58.0 Å². The van der Waals surface area contributed by atoms with Crippen LogP contribution in [0.2, 0.25) is 0 Å². The highest BCUT2D eigenvalue weighted by Crippen LogP contribution is 2.29. The second kappa shape index (κ2) is 9.74. The van der Waals surface area contributed by atoms with E-state index in [1.165, 1.54) is 18.3 Å². The van der Waals surface area contributed by atoms with Crippen LogP contribution in [0, 0.1) is 18.3 Å². The van der Waals surface area contributed by atoms with Crippen LogP contribution in [0.25, 0.3) is 34.3 Å². The van der Waals surface area contributed by atoms with Crippen LogP contribution >= 0.6 is 0 Å². The number of nitriles is 1. The second-order valence-electron chi connectivity index (χ2n) is 8.24. The average Bonchev–Trinajstić information content (AvgIpc) is 3.34. The van der Waals surface area contributed by atoms with Crippen molar-refractivity contribution in [3.05, 3.63) is 65.5 Å². The molecule has 0 saturated carbocycles. The predicted molar refractivity (Wildman–Crippen MR) is 133 cm³/mol. The molecule has 35 heavy (non-hydrogen) atoms. The lowest BCUT2D eigenvalue weighted by Crippen LogP contribution is -2.14. The number of sulfone groups is 1. The van der Waals surface area contributed by atoms with E-state index < -0.39 is 15.1 Å². The Kier molecular flexibility index (Phi) is 6.73. The molecule has 0 unspecified atom stereocenters. The Labute approximate surface area is 205 Å². The molecule has 2 aromatic heterocycles. The topological polar surface area (TPSA) is 135 Å². The summed E-state index contributed by atoms with van der Waals surface area (Å²) in [4.78, 5) is 9.12. The van der Waals surface area contributed by atoms with Crippen LogP contribution in [0.5, 0.6) is 0 Å². The molecule has 9 nitrogen and oxygen atoms in total. The zero-order chi connectivity index (χ0) is 25.2. The van der Waals surface area contributed by atoms with Crippen molar-refractivity contribution in [1.29, 1.82) is 5.26 Å². The molecule has 0 fully saturated rings. The number of rotatable bonds is 7. The Bertz CT molecular complexity index is 1530. The molecule has 10 heteroatoms. The van der Waals surface area contributed by atoms with E-state index in [2.05, 4.69) is 31.6 Å². The average molecular weight is 491 g/mol. The van der Waals surface area contributed by atoms with Gasteiger partial charge < -0.3 is 9.73 Å². The van der Waals surface area contributed by atoms with Gasteiger partial charge in [0.05, 0.1) is 39.4 Å². The zero-order valence-corrected chi connectivity index (χ0v) is 20.6. The number of benzene rings is 2. The third kappa shape index (κ3) is 4.82. The standard InChI is InChI=1S/C25H24N6O3S.H2/c1-15(2)35(32,33)20-9-10-21(19(11-20)12-26)22-14-28-16(3)23(29-22)25-31-30-24(34-25)18-7-5-17(6-8-18)13-27-4;/h5-11,14-15,27H,13H2,1-4H3;1H. The van der Waals surface area contributed by atoms with Gasteiger partial charge in [-0.15, -0.1) is 10.2 Å². The summed E-state index contributed by atoms with van der Waals surface area (Å²) in [6.45, 7) is 5.73. The number of aryl methyl sites for hydroxylation is 1. The van der Waals surface area contributed by atoms with Crippen LogP contribution in [0.1, 0.15) is 32.1 Å². The van der Waals surface area contributed by atoms with Gasteiger partial charge in [-0.2, -0.15) is 5.26 Å². The van der Waals surface area contributed by atoms with Crippen LogP contribution < -0.4 is 5.32 Å². The van der Waals surface area contributed by atoms with Gasteiger partial charge >= 0.3 is 0 Å². The number of hydrogen-bond acceptors (Lipinski definition) is 9. The number of hydrogen-bond donors (Lipinski definition) is 1. The molecule has 1 N–H and O–H groups in total. The molecule has 0 atom stereocenters. The molecule has 4 aromatic rings. The highest BCUT2D eigenvalue weighted by atomic mass is 32.2. The molecular weight excluding hydrogens is 464 g/mol. The number of nitrogens with zero attached hydrogens (tertiary/aromatic N) is 5. The molecule has 0 radical (unpaired) electrons. The molecule has 0 aliphatic carbocycles. The molecule has 2 heterocycles. The smallest absolute Gasteiger partial charge is 0.268 e. The normalized spacial score (nSPS) is 11.5. The van der Waals surface area contributed by atoms with E-state index in [9.17, 15) is 13.7 Å². The van der Waals surface area contributed by atoms with Crippen molar-refractivity contribution >= 4 is 9.84 Å². The fraction of sp³-hybridized carbons (Fsp3) is 0.240. The van der Waals surface area contributed by atoms with Gasteiger partial charge in [-0.1, -0.05) is 18.2 Å². The van der Waals surface area contributed by atoms with Crippen LogP contribution in [-0.2, 0) is 16.4 Å². The van der Waals surface area contributed by atoms with Crippen LogP contribution in [-0.4, -0.2) is 40.9 Å². The Morgan fingerprint density at radius 3 is 2.49 bits per heavy atom. The van der Waals surface area contributed by atoms with Gasteiger partial charge in [0, 0.05) is 19.1 Å². The first-order chi connectivity index (χ1) is 16.7. The fourth-order valence-corrected chi connectivity index (χ4v) is 4.56. The van der Waals surface area contributed by atoms with Gasteiger partial charge in [-0.3, -0.25) is 4.98 Å². The summed E-state index contributed by atoms with van der Waals surface area (Å²) < 4.78 is 31.0. The van der Waals surface area contributed by atoms with Crippen molar-refractivity contribution < 1.29 is 14.3 Å². The van der Waals surface area contributed by atoms with Crippen molar-refractivity contribution in [3.63, 3.8) is 0 Å². The molecule has 2 aromatic carbocycles. The zero-order valence-electron chi connectivity index (χ0n) is 19.8. The summed E-state index contributed by atoms with van der Waals surface area (Å²) >= 11 is 0. The van der Waals surface area contributed by atoms with Crippen molar-refractivity contribution in [2.75, 3.05) is 7.05 Å². The van der Waals surface area contributed by atoms with E-state index >= 15 is 0 Å². The first-order valence-corrected chi connectivity index (χ1v) is 12.5. The lowest BCUT2D eigenvalue weighted by molar-refractivity contribution is 0.581. The van der Waals surface area contributed by atoms with Gasteiger partial charge in [0.25, 0.3) is 5.89 Å². The quantitative estimate of drug-likeness (QED) is 0.404. The molecule has 0 aliphatic rings. The Morgan fingerprint density at radius 2 is 1.83 bits per heavy atom. The Morgan fingerprint density at radius 1 is 1.11 bits per heavy atom. The summed E-state index contributed by atoms with van der Waals surface area (Å²) in [5, 5.41) is 20.5. The lowest BCUT2D eigenvalue weighted by atomic mass is 10.1. The SMILES string of the molecule is CNCc1ccc(-c2nnc(-c3nc(-c4ccc(S(=O)(=O)C(C)C)cc4C#N)cnc3C)o2)cc1.[HH]. The monoisotopic (exact) mass is 490 g/mol. The largest absolute Gasteiger partial charge is 0.415 e. The number of aromatic nitrogens is 4. The first kappa shape index (κ1) is 24.2. The van der Waals surface area contributed by atoms with E-state index in [0.29, 0.717) is 28.5 Å². The van der Waals surface area contributed by atoms with Gasteiger partial charge in [0.15, 0.2) is 9.84 Å². The maximum Gasteiger partial charge on any atom is 0.268 e. The van der Waals surface area contributed by atoms with E-state index in [0.717, 1.165) is 17.7 Å². The van der Waals surface area contributed by atoms with Crippen molar-refractivity contribution in [3.8, 4) is 40.4 Å². The Balaban J connectivity index is 0.00000361. The molecule has 180 valence electrons. The molecule has 0 spiro atoms. The summed E-state index contributed by atoms with van der Waals surface area (Å²) in [5.74, 6) is 0.548. The highest BCUT2D eigenvalue weighted by molar-refractivity contribution is 7.92.